The zero-order valence-corrected chi connectivity index (χ0v) is 21.0. The maximum absolute atomic E-state index is 12.9. The average molecular weight is 547 g/mol. The van der Waals surface area contributed by atoms with Crippen molar-refractivity contribution >= 4 is 62.6 Å². The average Bonchev–Trinajstić information content (AvgIpc) is 3.50. The summed E-state index contributed by atoms with van der Waals surface area (Å²) in [7, 11) is 0. The Labute approximate surface area is 198 Å². The number of rotatable bonds is 2. The van der Waals surface area contributed by atoms with Crippen molar-refractivity contribution in [3.63, 3.8) is 0 Å². The quantitative estimate of drug-likeness (QED) is 0.192. The third-order valence-corrected chi connectivity index (χ3v) is 10.2. The van der Waals surface area contributed by atoms with Crippen LogP contribution >= 0.6 is 0 Å². The van der Waals surface area contributed by atoms with Gasteiger partial charge in [0.2, 0.25) is 0 Å². The van der Waals surface area contributed by atoms with Gasteiger partial charge in [0, 0.05) is 0 Å². The number of hydrogen-bond acceptors (Lipinski definition) is 3. The van der Waals surface area contributed by atoms with Crippen LogP contribution in [0.5, 0.6) is 0 Å². The van der Waals surface area contributed by atoms with E-state index < -0.39 is 0 Å². The molecule has 5 heteroatoms. The van der Waals surface area contributed by atoms with Crippen LogP contribution in [-0.4, -0.2) is 40.6 Å². The van der Waals surface area contributed by atoms with Crippen LogP contribution in [0.1, 0.15) is 50.1 Å². The Bertz CT molecular complexity index is 1410. The van der Waals surface area contributed by atoms with Gasteiger partial charge in [-0.3, -0.25) is 0 Å². The first-order valence-electron chi connectivity index (χ1n) is 10.4. The summed E-state index contributed by atoms with van der Waals surface area (Å²) in [5.41, 5.74) is 6.28. The number of Topliss-reactive ketones (excluding diaryl/α,β-unsaturated/α-hetero) is 2. The molecule has 0 saturated heterocycles. The van der Waals surface area contributed by atoms with E-state index in [0.717, 1.165) is 10.1 Å². The molecule has 4 aromatic rings. The summed E-state index contributed by atoms with van der Waals surface area (Å²) in [6.45, 7) is 4.53. The van der Waals surface area contributed by atoms with Gasteiger partial charge in [-0.25, -0.2) is 0 Å². The molecule has 0 bridgehead atoms. The van der Waals surface area contributed by atoms with Gasteiger partial charge >= 0.3 is 199 Å². The summed E-state index contributed by atoms with van der Waals surface area (Å²) >= 11 is 0.110. The van der Waals surface area contributed by atoms with E-state index in [1.165, 1.54) is 21.4 Å². The summed E-state index contributed by atoms with van der Waals surface area (Å²) in [5.74, 6) is -0.214. The summed E-state index contributed by atoms with van der Waals surface area (Å²) in [6.07, 6.45) is 1.86. The van der Waals surface area contributed by atoms with E-state index in [2.05, 4.69) is 73.3 Å². The van der Waals surface area contributed by atoms with Crippen LogP contribution in [0.2, 0.25) is 0 Å². The molecule has 6 rings (SSSR count). The predicted molar refractivity (Wildman–Crippen MR) is 130 cm³/mol. The number of nitrogens with zero attached hydrogens (tertiary/aromatic N) is 1. The van der Waals surface area contributed by atoms with Gasteiger partial charge in [-0.1, -0.05) is 0 Å². The van der Waals surface area contributed by atoms with Crippen molar-refractivity contribution in [3.8, 4) is 0 Å². The second-order valence-electron chi connectivity index (χ2n) is 8.60. The molecule has 2 aromatic carbocycles. The number of hydrogen-bond donors (Lipinski definition) is 0. The molecule has 3 heterocycles. The number of fused-ring (bicyclic) bond motifs is 3. The van der Waals surface area contributed by atoms with Crippen LogP contribution in [0.3, 0.4) is 0 Å². The SMILES string of the molecule is CC1(C)c2ccccc2N(c2ccccc2)c2[se]c(C=C3C(=O)c4c[se]cc4C3=O)cc21. The zero-order valence-electron chi connectivity index (χ0n) is 17.6. The molecule has 0 spiro atoms. The van der Waals surface area contributed by atoms with Crippen molar-refractivity contribution in [2.45, 2.75) is 19.3 Å². The summed E-state index contributed by atoms with van der Waals surface area (Å²) in [4.78, 5) is 31.9. The second-order valence-corrected chi connectivity index (χ2v) is 12.4. The molecule has 32 heavy (non-hydrogen) atoms. The van der Waals surface area contributed by atoms with E-state index >= 15 is 0 Å². The summed E-state index contributed by atoms with van der Waals surface area (Å²) < 4.78 is 2.35. The number of carbonyl (C=O) groups is 2. The predicted octanol–water partition coefficient (Wildman–Crippen LogP) is 5.37. The Hall–Kier alpha value is -2.68. The van der Waals surface area contributed by atoms with Crippen molar-refractivity contribution in [1.29, 1.82) is 0 Å². The topological polar surface area (TPSA) is 37.4 Å². The Morgan fingerprint density at radius 3 is 2.22 bits per heavy atom. The van der Waals surface area contributed by atoms with E-state index in [1.807, 2.05) is 22.0 Å². The van der Waals surface area contributed by atoms with Crippen molar-refractivity contribution in [3.05, 3.63) is 103 Å². The van der Waals surface area contributed by atoms with Gasteiger partial charge in [-0.05, 0) is 0 Å². The molecule has 156 valence electrons. The zero-order chi connectivity index (χ0) is 22.0. The van der Waals surface area contributed by atoms with Crippen LogP contribution < -0.4 is 4.90 Å². The molecule has 0 saturated carbocycles. The minimum absolute atomic E-state index is 0.0199. The molecule has 0 amide bonds. The molecule has 1 aliphatic heterocycles. The van der Waals surface area contributed by atoms with E-state index in [0.29, 0.717) is 16.7 Å². The van der Waals surface area contributed by atoms with Crippen molar-refractivity contribution < 1.29 is 9.59 Å². The second kappa shape index (κ2) is 7.16. The minimum atomic E-state index is -0.160. The van der Waals surface area contributed by atoms with Crippen LogP contribution in [0, 0.1) is 0 Å². The molecule has 2 aromatic heterocycles. The number of benzene rings is 2. The standard InChI is InChI=1S/C27H19NO2Se2/c1-27(2)21-10-6-7-11-23(21)28(16-8-4-3-5-9-16)26-22(27)13-17(32-26)12-18-24(29)19-14-31-15-20(19)25(18)30/h3-15H,1-2H3. The molecule has 2 aliphatic rings. The van der Waals surface area contributed by atoms with Gasteiger partial charge in [0.05, 0.1) is 0 Å². The first-order chi connectivity index (χ1) is 15.5. The molecule has 0 fully saturated rings. The van der Waals surface area contributed by atoms with Gasteiger partial charge in [-0.2, -0.15) is 0 Å². The van der Waals surface area contributed by atoms with Gasteiger partial charge in [-0.15, -0.1) is 0 Å². The Balaban J connectivity index is 1.54. The Morgan fingerprint density at radius 2 is 1.50 bits per heavy atom. The third-order valence-electron chi connectivity index (χ3n) is 6.37. The monoisotopic (exact) mass is 549 g/mol. The molecule has 0 atom stereocenters. The van der Waals surface area contributed by atoms with E-state index in [9.17, 15) is 9.59 Å². The van der Waals surface area contributed by atoms with E-state index in [-0.39, 0.29) is 46.0 Å². The molecule has 0 unspecified atom stereocenters. The van der Waals surface area contributed by atoms with Gasteiger partial charge in [0.25, 0.3) is 0 Å². The summed E-state index contributed by atoms with van der Waals surface area (Å²) in [5, 5.41) is 0. The summed E-state index contributed by atoms with van der Waals surface area (Å²) in [6, 6.07) is 21.2. The van der Waals surface area contributed by atoms with Gasteiger partial charge < -0.3 is 0 Å². The molecule has 0 N–H and O–H groups in total. The Morgan fingerprint density at radius 1 is 0.844 bits per heavy atom. The third kappa shape index (κ3) is 2.79. The molecular weight excluding hydrogens is 528 g/mol. The molecule has 1 aliphatic carbocycles. The fourth-order valence-electron chi connectivity index (χ4n) is 4.69. The maximum atomic E-state index is 12.9. The van der Waals surface area contributed by atoms with E-state index in [4.69, 9.17) is 0 Å². The normalized spacial score (nSPS) is 16.1. The van der Waals surface area contributed by atoms with Crippen molar-refractivity contribution in [1.82, 2.24) is 0 Å². The number of allylic oxidation sites excluding steroid dienone is 1. The fraction of sp³-hybridized carbons (Fsp3) is 0.111. The van der Waals surface area contributed by atoms with Gasteiger partial charge in [0.15, 0.2) is 0 Å². The molecule has 0 radical (unpaired) electrons. The van der Waals surface area contributed by atoms with Crippen molar-refractivity contribution in [2.24, 2.45) is 0 Å². The number of ketones is 2. The van der Waals surface area contributed by atoms with Gasteiger partial charge in [0.1, 0.15) is 0 Å². The first kappa shape index (κ1) is 20.0. The fourth-order valence-corrected chi connectivity index (χ4v) is 9.10. The molecular formula is C27H19NO2Se2. The van der Waals surface area contributed by atoms with Crippen LogP contribution in [-0.2, 0) is 5.41 Å². The van der Waals surface area contributed by atoms with Crippen LogP contribution in [0.25, 0.3) is 6.08 Å². The molecule has 3 nitrogen and oxygen atoms in total. The Kier molecular flexibility index (Phi) is 4.47. The van der Waals surface area contributed by atoms with E-state index in [1.54, 1.807) is 0 Å². The van der Waals surface area contributed by atoms with Crippen molar-refractivity contribution in [2.75, 3.05) is 4.90 Å². The van der Waals surface area contributed by atoms with Crippen LogP contribution in [0.15, 0.2) is 76.1 Å². The number of carbonyl (C=O) groups excluding carboxylic acids is 2. The van der Waals surface area contributed by atoms with Crippen LogP contribution in [0.4, 0.5) is 15.9 Å². The number of para-hydroxylation sites is 2. The number of anilines is 3. The first-order valence-corrected chi connectivity index (χ1v) is 14.1.